The number of likely N-dealkylation sites (tertiary alicyclic amines) is 1. The average Bonchev–Trinajstić information content (AvgIpc) is 3.06. The van der Waals surface area contributed by atoms with Crippen LogP contribution in [0.3, 0.4) is 0 Å². The zero-order valence-electron chi connectivity index (χ0n) is 15.3. The molecule has 5 nitrogen and oxygen atoms in total. The monoisotopic (exact) mass is 363 g/mol. The van der Waals surface area contributed by atoms with Gasteiger partial charge in [0, 0.05) is 43.5 Å². The van der Waals surface area contributed by atoms with Gasteiger partial charge >= 0.3 is 0 Å². The Kier molecular flexibility index (Phi) is 6.12. The van der Waals surface area contributed by atoms with Gasteiger partial charge in [-0.05, 0) is 44.4 Å². The molecule has 2 aliphatic heterocycles. The van der Waals surface area contributed by atoms with E-state index in [9.17, 15) is 9.59 Å². The Balaban J connectivity index is 1.52. The maximum atomic E-state index is 12.5. The summed E-state index contributed by atoms with van der Waals surface area (Å²) < 4.78 is 0. The van der Waals surface area contributed by atoms with E-state index in [4.69, 9.17) is 0 Å². The van der Waals surface area contributed by atoms with Crippen molar-refractivity contribution in [3.63, 3.8) is 0 Å². The molecular formula is C19H29N3O2S. The van der Waals surface area contributed by atoms with Crippen molar-refractivity contribution < 1.29 is 9.59 Å². The second-order valence-electron chi connectivity index (χ2n) is 7.11. The number of rotatable bonds is 5. The number of amides is 2. The molecule has 1 fully saturated rings. The van der Waals surface area contributed by atoms with Crippen LogP contribution < -0.4 is 5.32 Å². The molecule has 1 atom stereocenters. The molecule has 2 amide bonds. The van der Waals surface area contributed by atoms with Gasteiger partial charge in [0.25, 0.3) is 5.91 Å². The number of hydrogen-bond acceptors (Lipinski definition) is 4. The standard InChI is InChI=1S/C19H29N3O2S/c1-3-18(23)22-10-7-16-15(13-22)12-17(25-16)19(24)20-8-11-21-9-5-4-6-14(21)2/h12,14H,3-11,13H2,1-2H3,(H,20,24)/t14-/m0/s1. The molecule has 0 radical (unpaired) electrons. The quantitative estimate of drug-likeness (QED) is 0.875. The van der Waals surface area contributed by atoms with Gasteiger partial charge in [-0.1, -0.05) is 13.3 Å². The lowest BCUT2D eigenvalue weighted by atomic mass is 10.0. The maximum absolute atomic E-state index is 12.5. The van der Waals surface area contributed by atoms with Gasteiger partial charge in [0.15, 0.2) is 0 Å². The van der Waals surface area contributed by atoms with E-state index < -0.39 is 0 Å². The molecule has 0 saturated carbocycles. The lowest BCUT2D eigenvalue weighted by Crippen LogP contribution is -2.42. The van der Waals surface area contributed by atoms with Crippen molar-refractivity contribution in [2.24, 2.45) is 0 Å². The van der Waals surface area contributed by atoms with Crippen LogP contribution in [-0.2, 0) is 17.8 Å². The molecule has 1 aromatic rings. The highest BCUT2D eigenvalue weighted by Gasteiger charge is 2.24. The summed E-state index contributed by atoms with van der Waals surface area (Å²) in [5.41, 5.74) is 1.15. The van der Waals surface area contributed by atoms with Crippen LogP contribution in [0, 0.1) is 0 Å². The van der Waals surface area contributed by atoms with Crippen LogP contribution >= 0.6 is 11.3 Å². The summed E-state index contributed by atoms with van der Waals surface area (Å²) >= 11 is 1.59. The molecule has 2 aliphatic rings. The summed E-state index contributed by atoms with van der Waals surface area (Å²) in [5, 5.41) is 3.07. The highest BCUT2D eigenvalue weighted by molar-refractivity contribution is 7.14. The van der Waals surface area contributed by atoms with Gasteiger partial charge in [-0.3, -0.25) is 14.5 Å². The minimum absolute atomic E-state index is 0.0254. The van der Waals surface area contributed by atoms with Crippen molar-refractivity contribution in [1.82, 2.24) is 15.1 Å². The Morgan fingerprint density at radius 2 is 2.16 bits per heavy atom. The van der Waals surface area contributed by atoms with Crippen LogP contribution in [0.5, 0.6) is 0 Å². The summed E-state index contributed by atoms with van der Waals surface area (Å²) in [6.07, 6.45) is 5.26. The van der Waals surface area contributed by atoms with Crippen LogP contribution in [0.1, 0.15) is 59.6 Å². The van der Waals surface area contributed by atoms with Crippen LogP contribution in [0.4, 0.5) is 0 Å². The fraction of sp³-hybridized carbons (Fsp3) is 0.684. The summed E-state index contributed by atoms with van der Waals surface area (Å²) in [6, 6.07) is 2.61. The zero-order valence-corrected chi connectivity index (χ0v) is 16.2. The number of carbonyl (C=O) groups is 2. The average molecular weight is 364 g/mol. The fourth-order valence-electron chi connectivity index (χ4n) is 3.77. The Morgan fingerprint density at radius 1 is 1.32 bits per heavy atom. The Hall–Kier alpha value is -1.40. The summed E-state index contributed by atoms with van der Waals surface area (Å²) in [6.45, 7) is 8.37. The number of piperidine rings is 1. The van der Waals surface area contributed by atoms with Gasteiger partial charge in [-0.2, -0.15) is 0 Å². The molecular weight excluding hydrogens is 334 g/mol. The molecule has 0 aromatic carbocycles. The van der Waals surface area contributed by atoms with E-state index in [1.165, 1.54) is 24.1 Å². The predicted octanol–water partition coefficient (Wildman–Crippen LogP) is 2.65. The molecule has 1 saturated heterocycles. The molecule has 138 valence electrons. The number of thiophene rings is 1. The first kappa shape index (κ1) is 18.4. The van der Waals surface area contributed by atoms with E-state index in [1.807, 2.05) is 17.9 Å². The molecule has 3 rings (SSSR count). The first-order chi connectivity index (χ1) is 12.1. The molecule has 3 heterocycles. The van der Waals surface area contributed by atoms with Crippen molar-refractivity contribution >= 4 is 23.2 Å². The lowest BCUT2D eigenvalue weighted by Gasteiger charge is -2.33. The van der Waals surface area contributed by atoms with Gasteiger partial charge in [0.1, 0.15) is 0 Å². The van der Waals surface area contributed by atoms with Crippen LogP contribution in [0.25, 0.3) is 0 Å². The first-order valence-corrected chi connectivity index (χ1v) is 10.3. The molecule has 0 bridgehead atoms. The van der Waals surface area contributed by atoms with E-state index in [-0.39, 0.29) is 11.8 Å². The predicted molar refractivity (Wildman–Crippen MR) is 101 cm³/mol. The number of nitrogens with zero attached hydrogens (tertiary/aromatic N) is 2. The second-order valence-corrected chi connectivity index (χ2v) is 8.25. The highest BCUT2D eigenvalue weighted by Crippen LogP contribution is 2.28. The molecule has 25 heavy (non-hydrogen) atoms. The van der Waals surface area contributed by atoms with E-state index in [0.29, 0.717) is 25.6 Å². The second kappa shape index (κ2) is 8.32. The molecule has 6 heteroatoms. The van der Waals surface area contributed by atoms with Gasteiger partial charge in [0.2, 0.25) is 5.91 Å². The Labute approximate surface area is 154 Å². The maximum Gasteiger partial charge on any atom is 0.261 e. The van der Waals surface area contributed by atoms with Crippen LogP contribution in [-0.4, -0.2) is 53.8 Å². The minimum Gasteiger partial charge on any atom is -0.350 e. The fourth-order valence-corrected chi connectivity index (χ4v) is 4.85. The largest absolute Gasteiger partial charge is 0.350 e. The van der Waals surface area contributed by atoms with E-state index in [1.54, 1.807) is 11.3 Å². The zero-order chi connectivity index (χ0) is 17.8. The lowest BCUT2D eigenvalue weighted by molar-refractivity contribution is -0.131. The van der Waals surface area contributed by atoms with Crippen molar-refractivity contribution in [3.8, 4) is 0 Å². The van der Waals surface area contributed by atoms with E-state index >= 15 is 0 Å². The van der Waals surface area contributed by atoms with Crippen LogP contribution in [0.2, 0.25) is 0 Å². The van der Waals surface area contributed by atoms with Crippen molar-refractivity contribution in [3.05, 3.63) is 21.4 Å². The Morgan fingerprint density at radius 3 is 2.92 bits per heavy atom. The number of fused-ring (bicyclic) bond motifs is 1. The molecule has 1 N–H and O–H groups in total. The van der Waals surface area contributed by atoms with Gasteiger partial charge in [-0.25, -0.2) is 0 Å². The van der Waals surface area contributed by atoms with Gasteiger partial charge < -0.3 is 10.2 Å². The number of hydrogen-bond donors (Lipinski definition) is 1. The van der Waals surface area contributed by atoms with Gasteiger partial charge in [-0.15, -0.1) is 11.3 Å². The number of nitrogens with one attached hydrogen (secondary N) is 1. The van der Waals surface area contributed by atoms with Crippen molar-refractivity contribution in [2.75, 3.05) is 26.2 Å². The smallest absolute Gasteiger partial charge is 0.261 e. The summed E-state index contributed by atoms with van der Waals surface area (Å²) in [4.78, 5) is 30.7. The van der Waals surface area contributed by atoms with Crippen molar-refractivity contribution in [2.45, 2.75) is 58.5 Å². The highest BCUT2D eigenvalue weighted by atomic mass is 32.1. The minimum atomic E-state index is 0.0254. The van der Waals surface area contributed by atoms with Gasteiger partial charge in [0.05, 0.1) is 4.88 Å². The molecule has 0 aliphatic carbocycles. The van der Waals surface area contributed by atoms with E-state index in [0.717, 1.165) is 36.5 Å². The summed E-state index contributed by atoms with van der Waals surface area (Å²) in [5.74, 6) is 0.218. The van der Waals surface area contributed by atoms with Crippen LogP contribution in [0.15, 0.2) is 6.07 Å². The normalized spacial score (nSPS) is 21.0. The molecule has 1 aromatic heterocycles. The topological polar surface area (TPSA) is 52.7 Å². The third-order valence-corrected chi connectivity index (χ3v) is 6.61. The van der Waals surface area contributed by atoms with E-state index in [2.05, 4.69) is 17.1 Å². The van der Waals surface area contributed by atoms with Crippen molar-refractivity contribution in [1.29, 1.82) is 0 Å². The summed E-state index contributed by atoms with van der Waals surface area (Å²) in [7, 11) is 0. The number of carbonyl (C=O) groups excluding carboxylic acids is 2. The third kappa shape index (κ3) is 4.42. The molecule has 0 unspecified atom stereocenters. The molecule has 0 spiro atoms. The SMILES string of the molecule is CCC(=O)N1CCc2sc(C(=O)NCCN3CCCC[C@@H]3C)cc2C1. The first-order valence-electron chi connectivity index (χ1n) is 9.50. The Bertz CT molecular complexity index is 628. The third-order valence-electron chi connectivity index (χ3n) is 5.37.